The quantitative estimate of drug-likeness (QED) is 0.425. The van der Waals surface area contributed by atoms with Gasteiger partial charge in [-0.05, 0) is 66.2 Å². The van der Waals surface area contributed by atoms with E-state index in [0.29, 0.717) is 36.9 Å². The van der Waals surface area contributed by atoms with Crippen molar-refractivity contribution >= 4 is 21.5 Å². The van der Waals surface area contributed by atoms with Crippen LogP contribution in [0.2, 0.25) is 0 Å². The second-order valence-electron chi connectivity index (χ2n) is 11.1. The lowest BCUT2D eigenvalue weighted by molar-refractivity contribution is -0.214. The third-order valence-electron chi connectivity index (χ3n) is 9.78. The Hall–Kier alpha value is -0.980. The predicted molar refractivity (Wildman–Crippen MR) is 129 cm³/mol. The van der Waals surface area contributed by atoms with Gasteiger partial charge in [0.05, 0.1) is 26.4 Å². The summed E-state index contributed by atoms with van der Waals surface area (Å²) in [5.41, 5.74) is 4.33. The lowest BCUT2D eigenvalue weighted by Gasteiger charge is -2.54. The van der Waals surface area contributed by atoms with Crippen LogP contribution in [0.4, 0.5) is 0 Å². The monoisotopic (exact) mass is 512 g/mol. The first-order valence-corrected chi connectivity index (χ1v) is 13.6. The highest BCUT2D eigenvalue weighted by Gasteiger charge is 2.65. The smallest absolute Gasteiger partial charge is 0.177 e. The zero-order valence-electron chi connectivity index (χ0n) is 19.4. The Morgan fingerprint density at radius 2 is 1.64 bits per heavy atom. The number of hydrogen-bond donors (Lipinski definition) is 0. The Balaban J connectivity index is 1.33. The minimum Gasteiger partial charge on any atom is -0.347 e. The first kappa shape index (κ1) is 21.3. The molecule has 0 radical (unpaired) electrons. The molecule has 0 bridgehead atoms. The fourth-order valence-corrected chi connectivity index (χ4v) is 8.65. The number of hydrogen-bond acceptors (Lipinski definition) is 4. The third kappa shape index (κ3) is 3.02. The largest absolute Gasteiger partial charge is 0.347 e. The SMILES string of the molecule is C[C@]12C=C(c3ccc(Br)cc3)[C@H]3[C@@H](CC=C4CC5(CC[C@@H]43)OCCO5)[C@@H]1CCC21OCCO1. The van der Waals surface area contributed by atoms with Crippen molar-refractivity contribution in [1.82, 2.24) is 0 Å². The molecule has 2 saturated carbocycles. The van der Waals surface area contributed by atoms with Crippen LogP contribution in [0.3, 0.4) is 0 Å². The van der Waals surface area contributed by atoms with Crippen molar-refractivity contribution in [2.75, 3.05) is 26.4 Å². The highest BCUT2D eigenvalue weighted by Crippen LogP contribution is 2.67. The van der Waals surface area contributed by atoms with Crippen LogP contribution in [0.15, 0.2) is 46.5 Å². The van der Waals surface area contributed by atoms with Crippen molar-refractivity contribution in [3.8, 4) is 0 Å². The molecule has 7 rings (SSSR count). The van der Waals surface area contributed by atoms with Gasteiger partial charge in [-0.1, -0.05) is 52.7 Å². The molecule has 2 saturated heterocycles. The maximum absolute atomic E-state index is 6.40. The van der Waals surface area contributed by atoms with E-state index < -0.39 is 5.79 Å². The van der Waals surface area contributed by atoms with E-state index in [-0.39, 0.29) is 11.2 Å². The van der Waals surface area contributed by atoms with Crippen LogP contribution >= 0.6 is 15.9 Å². The first-order chi connectivity index (χ1) is 16.0. The molecule has 33 heavy (non-hydrogen) atoms. The summed E-state index contributed by atoms with van der Waals surface area (Å²) in [7, 11) is 0. The molecule has 5 atom stereocenters. The first-order valence-electron chi connectivity index (χ1n) is 12.8. The van der Waals surface area contributed by atoms with E-state index in [9.17, 15) is 0 Å². The van der Waals surface area contributed by atoms with E-state index in [2.05, 4.69) is 59.3 Å². The molecule has 1 aromatic carbocycles. The zero-order valence-corrected chi connectivity index (χ0v) is 20.9. The van der Waals surface area contributed by atoms with E-state index in [1.807, 2.05) is 0 Å². The van der Waals surface area contributed by atoms with Gasteiger partial charge in [-0.25, -0.2) is 0 Å². The van der Waals surface area contributed by atoms with Gasteiger partial charge < -0.3 is 18.9 Å². The number of rotatable bonds is 1. The fraction of sp³-hybridized carbons (Fsp3) is 0.643. The number of ether oxygens (including phenoxy) is 4. The molecule has 2 spiro atoms. The van der Waals surface area contributed by atoms with Gasteiger partial charge >= 0.3 is 0 Å². The van der Waals surface area contributed by atoms with Gasteiger partial charge in [0.1, 0.15) is 0 Å². The average molecular weight is 513 g/mol. The van der Waals surface area contributed by atoms with Gasteiger partial charge in [-0.15, -0.1) is 0 Å². The van der Waals surface area contributed by atoms with Gasteiger partial charge in [-0.2, -0.15) is 0 Å². The van der Waals surface area contributed by atoms with Crippen molar-refractivity contribution in [2.24, 2.45) is 29.1 Å². The van der Waals surface area contributed by atoms with Crippen LogP contribution in [0.1, 0.15) is 51.0 Å². The van der Waals surface area contributed by atoms with Crippen LogP contribution in [0.25, 0.3) is 5.57 Å². The standard InChI is InChI=1S/C28H33BrO4/c1-26-17-23(18-2-5-20(29)6-3-18)25-21-8-10-27(30-12-13-31-27)16-19(21)4-7-22(25)24(26)9-11-28(26)32-14-15-33-28/h2-6,17,21-22,24-25H,7-16H2,1H3/t21-,22-,24-,25+,26-/m0/s1. The Morgan fingerprint density at radius 1 is 0.909 bits per heavy atom. The van der Waals surface area contributed by atoms with Crippen molar-refractivity contribution in [3.63, 3.8) is 0 Å². The topological polar surface area (TPSA) is 36.9 Å². The Bertz CT molecular complexity index is 1000. The maximum Gasteiger partial charge on any atom is 0.177 e. The summed E-state index contributed by atoms with van der Waals surface area (Å²) in [4.78, 5) is 0. The molecular formula is C28H33BrO4. The molecule has 5 heteroatoms. The summed E-state index contributed by atoms with van der Waals surface area (Å²) in [6, 6.07) is 8.95. The molecule has 4 fully saturated rings. The minimum atomic E-state index is -0.449. The highest BCUT2D eigenvalue weighted by atomic mass is 79.9. The molecule has 0 N–H and O–H groups in total. The highest BCUT2D eigenvalue weighted by molar-refractivity contribution is 9.10. The number of fused-ring (bicyclic) bond motifs is 6. The molecule has 0 unspecified atom stereocenters. The van der Waals surface area contributed by atoms with Crippen molar-refractivity contribution in [1.29, 1.82) is 0 Å². The fourth-order valence-electron chi connectivity index (χ4n) is 8.38. The lowest BCUT2D eigenvalue weighted by Crippen LogP contribution is -2.52. The van der Waals surface area contributed by atoms with Crippen molar-refractivity contribution in [2.45, 2.75) is 57.0 Å². The van der Waals surface area contributed by atoms with Gasteiger partial charge in [-0.3, -0.25) is 0 Å². The summed E-state index contributed by atoms with van der Waals surface area (Å²) in [6.45, 7) is 5.31. The summed E-state index contributed by atoms with van der Waals surface area (Å²) in [5.74, 6) is 1.52. The van der Waals surface area contributed by atoms with Crippen LogP contribution < -0.4 is 0 Å². The molecule has 0 amide bonds. The minimum absolute atomic E-state index is 0.0913. The van der Waals surface area contributed by atoms with E-state index in [1.165, 1.54) is 17.6 Å². The summed E-state index contributed by atoms with van der Waals surface area (Å²) < 4.78 is 26.2. The van der Waals surface area contributed by atoms with E-state index in [1.54, 1.807) is 5.57 Å². The predicted octanol–water partition coefficient (Wildman–Crippen LogP) is 6.11. The normalized spacial score (nSPS) is 40.3. The second-order valence-corrected chi connectivity index (χ2v) is 12.0. The lowest BCUT2D eigenvalue weighted by atomic mass is 9.52. The Kier molecular flexibility index (Phi) is 4.85. The molecule has 2 heterocycles. The molecular weight excluding hydrogens is 480 g/mol. The van der Waals surface area contributed by atoms with Crippen LogP contribution in [0, 0.1) is 29.1 Å². The number of benzene rings is 1. The molecule has 176 valence electrons. The maximum atomic E-state index is 6.40. The van der Waals surface area contributed by atoms with E-state index in [4.69, 9.17) is 18.9 Å². The van der Waals surface area contributed by atoms with Gasteiger partial charge in [0, 0.05) is 29.2 Å². The zero-order chi connectivity index (χ0) is 22.3. The molecule has 2 aliphatic heterocycles. The van der Waals surface area contributed by atoms with Crippen molar-refractivity contribution < 1.29 is 18.9 Å². The van der Waals surface area contributed by atoms with E-state index >= 15 is 0 Å². The van der Waals surface area contributed by atoms with Crippen LogP contribution in [0.5, 0.6) is 0 Å². The number of halogens is 1. The van der Waals surface area contributed by atoms with Crippen molar-refractivity contribution in [3.05, 3.63) is 52.0 Å². The van der Waals surface area contributed by atoms with Crippen LogP contribution in [-0.2, 0) is 18.9 Å². The van der Waals surface area contributed by atoms with Gasteiger partial charge in [0.15, 0.2) is 11.6 Å². The summed E-state index contributed by atoms with van der Waals surface area (Å²) >= 11 is 3.64. The molecule has 1 aromatic rings. The van der Waals surface area contributed by atoms with Gasteiger partial charge in [0.25, 0.3) is 0 Å². The summed E-state index contributed by atoms with van der Waals surface area (Å²) in [6.07, 6.45) is 11.6. The summed E-state index contributed by atoms with van der Waals surface area (Å²) in [5, 5.41) is 0. The molecule has 4 aliphatic carbocycles. The van der Waals surface area contributed by atoms with Crippen LogP contribution in [-0.4, -0.2) is 38.0 Å². The average Bonchev–Trinajstić information content (AvgIpc) is 3.55. The Labute approximate surface area is 204 Å². The van der Waals surface area contributed by atoms with E-state index in [0.717, 1.165) is 49.8 Å². The number of allylic oxidation sites excluding steroid dienone is 2. The molecule has 4 nitrogen and oxygen atoms in total. The third-order valence-corrected chi connectivity index (χ3v) is 10.3. The molecule has 6 aliphatic rings. The Morgan fingerprint density at radius 3 is 2.39 bits per heavy atom. The second kappa shape index (κ2) is 7.51. The molecule has 0 aromatic heterocycles. The van der Waals surface area contributed by atoms with Gasteiger partial charge in [0.2, 0.25) is 0 Å².